The summed E-state index contributed by atoms with van der Waals surface area (Å²) in [6.45, 7) is 7.55. The fourth-order valence-electron chi connectivity index (χ4n) is 4.03. The number of nitrogens with zero attached hydrogens (tertiary/aromatic N) is 1. The van der Waals surface area contributed by atoms with Crippen molar-refractivity contribution in [2.45, 2.75) is 45.6 Å². The van der Waals surface area contributed by atoms with E-state index in [1.807, 2.05) is 12.1 Å². The standard InChI is InChI=1S/C20H25NO3/c1-13(2)21-9-8-14(11-21)12-23-15-6-7-19-18(10-15)16-4-3-5-17(16)20(22)24-19/h6-7,10,13-14H,3-5,8-9,11-12H2,1-2H3. The summed E-state index contributed by atoms with van der Waals surface area (Å²) in [5, 5.41) is 1.05. The lowest BCUT2D eigenvalue weighted by Gasteiger charge is -2.20. The van der Waals surface area contributed by atoms with Gasteiger partial charge in [0.2, 0.25) is 0 Å². The van der Waals surface area contributed by atoms with Crippen molar-refractivity contribution in [3.63, 3.8) is 0 Å². The average molecular weight is 327 g/mol. The number of hydrogen-bond acceptors (Lipinski definition) is 4. The Hall–Kier alpha value is -1.81. The van der Waals surface area contributed by atoms with E-state index in [4.69, 9.17) is 9.15 Å². The van der Waals surface area contributed by atoms with Crippen LogP contribution in [0.15, 0.2) is 27.4 Å². The molecule has 0 N–H and O–H groups in total. The van der Waals surface area contributed by atoms with E-state index in [9.17, 15) is 4.79 Å². The van der Waals surface area contributed by atoms with E-state index in [2.05, 4.69) is 24.8 Å². The summed E-state index contributed by atoms with van der Waals surface area (Å²) in [5.41, 5.74) is 2.55. The van der Waals surface area contributed by atoms with Crippen molar-refractivity contribution in [2.75, 3.05) is 19.7 Å². The van der Waals surface area contributed by atoms with Crippen molar-refractivity contribution in [1.29, 1.82) is 0 Å². The molecular weight excluding hydrogens is 302 g/mol. The Morgan fingerprint density at radius 3 is 2.92 bits per heavy atom. The molecule has 0 spiro atoms. The molecule has 0 saturated carbocycles. The minimum absolute atomic E-state index is 0.164. The number of aryl methyl sites for hydroxylation is 1. The maximum Gasteiger partial charge on any atom is 0.339 e. The first kappa shape index (κ1) is 15.7. The van der Waals surface area contributed by atoms with Crippen molar-refractivity contribution >= 4 is 11.0 Å². The number of likely N-dealkylation sites (tertiary alicyclic amines) is 1. The lowest BCUT2D eigenvalue weighted by molar-refractivity contribution is 0.223. The molecular formula is C20H25NO3. The van der Waals surface area contributed by atoms with Crippen LogP contribution in [0.1, 0.15) is 37.8 Å². The molecule has 1 atom stereocenters. The van der Waals surface area contributed by atoms with Crippen molar-refractivity contribution in [3.05, 3.63) is 39.7 Å². The number of benzene rings is 1. The molecule has 1 aromatic carbocycles. The van der Waals surface area contributed by atoms with Gasteiger partial charge in [-0.1, -0.05) is 0 Å². The Labute approximate surface area is 142 Å². The van der Waals surface area contributed by atoms with E-state index in [1.54, 1.807) is 0 Å². The molecule has 0 radical (unpaired) electrons. The molecule has 1 aliphatic carbocycles. The highest BCUT2D eigenvalue weighted by Crippen LogP contribution is 2.30. The van der Waals surface area contributed by atoms with E-state index in [1.165, 1.54) is 18.5 Å². The van der Waals surface area contributed by atoms with E-state index in [-0.39, 0.29) is 5.63 Å². The van der Waals surface area contributed by atoms with Crippen LogP contribution in [0, 0.1) is 5.92 Å². The Morgan fingerprint density at radius 1 is 1.29 bits per heavy atom. The molecule has 0 bridgehead atoms. The van der Waals surface area contributed by atoms with E-state index in [0.29, 0.717) is 17.5 Å². The minimum atomic E-state index is -0.164. The molecule has 0 amide bonds. The predicted octanol–water partition coefficient (Wildman–Crippen LogP) is 3.39. The van der Waals surface area contributed by atoms with Crippen LogP contribution in [-0.2, 0) is 12.8 Å². The molecule has 1 aromatic heterocycles. The van der Waals surface area contributed by atoms with Crippen LogP contribution in [0.5, 0.6) is 5.75 Å². The molecule has 2 aromatic rings. The third kappa shape index (κ3) is 2.84. The Morgan fingerprint density at radius 2 is 2.12 bits per heavy atom. The first-order chi connectivity index (χ1) is 11.6. The van der Waals surface area contributed by atoms with Crippen LogP contribution >= 0.6 is 0 Å². The van der Waals surface area contributed by atoms with Gasteiger partial charge >= 0.3 is 5.63 Å². The van der Waals surface area contributed by atoms with Gasteiger partial charge in [-0.3, -0.25) is 0 Å². The molecule has 1 aliphatic heterocycles. The maximum absolute atomic E-state index is 12.0. The SMILES string of the molecule is CC(C)N1CCC(COc2ccc3oc(=O)c4c(c3c2)CCC4)C1. The highest BCUT2D eigenvalue weighted by atomic mass is 16.5. The first-order valence-electron chi connectivity index (χ1n) is 9.07. The zero-order valence-electron chi connectivity index (χ0n) is 14.5. The van der Waals surface area contributed by atoms with Crippen molar-refractivity contribution in [3.8, 4) is 5.75 Å². The molecule has 1 unspecified atom stereocenters. The van der Waals surface area contributed by atoms with Crippen molar-refractivity contribution in [1.82, 2.24) is 4.90 Å². The third-order valence-corrected chi connectivity index (χ3v) is 5.48. The van der Waals surface area contributed by atoms with E-state index in [0.717, 1.165) is 49.1 Å². The van der Waals surface area contributed by atoms with Gasteiger partial charge in [0.25, 0.3) is 0 Å². The van der Waals surface area contributed by atoms with Crippen molar-refractivity contribution in [2.24, 2.45) is 5.92 Å². The molecule has 2 aliphatic rings. The molecule has 4 heteroatoms. The zero-order valence-corrected chi connectivity index (χ0v) is 14.5. The molecule has 4 nitrogen and oxygen atoms in total. The molecule has 1 fully saturated rings. The predicted molar refractivity (Wildman–Crippen MR) is 94.8 cm³/mol. The lowest BCUT2D eigenvalue weighted by Crippen LogP contribution is -2.29. The number of hydrogen-bond donors (Lipinski definition) is 0. The Bertz CT molecular complexity index is 808. The Balaban J connectivity index is 1.52. The first-order valence-corrected chi connectivity index (χ1v) is 9.07. The fraction of sp³-hybridized carbons (Fsp3) is 0.550. The highest BCUT2D eigenvalue weighted by molar-refractivity contribution is 5.83. The van der Waals surface area contributed by atoms with Crippen LogP contribution in [0.2, 0.25) is 0 Å². The minimum Gasteiger partial charge on any atom is -0.493 e. The fourth-order valence-corrected chi connectivity index (χ4v) is 4.03. The summed E-state index contributed by atoms with van der Waals surface area (Å²) >= 11 is 0. The van der Waals surface area contributed by atoms with Gasteiger partial charge in [0, 0.05) is 29.5 Å². The van der Waals surface area contributed by atoms with Gasteiger partial charge in [0.15, 0.2) is 0 Å². The van der Waals surface area contributed by atoms with Gasteiger partial charge in [0.05, 0.1) is 6.61 Å². The molecule has 2 heterocycles. The molecule has 1 saturated heterocycles. The van der Waals surface area contributed by atoms with Gasteiger partial charge in [-0.05, 0) is 69.8 Å². The summed E-state index contributed by atoms with van der Waals surface area (Å²) in [6, 6.07) is 6.46. The quantitative estimate of drug-likeness (QED) is 0.807. The molecule has 128 valence electrons. The second-order valence-electron chi connectivity index (χ2n) is 7.41. The monoisotopic (exact) mass is 327 g/mol. The van der Waals surface area contributed by atoms with Crippen LogP contribution in [0.3, 0.4) is 0 Å². The third-order valence-electron chi connectivity index (χ3n) is 5.48. The summed E-state index contributed by atoms with van der Waals surface area (Å²) in [5.74, 6) is 1.48. The van der Waals surface area contributed by atoms with Gasteiger partial charge < -0.3 is 14.1 Å². The summed E-state index contributed by atoms with van der Waals surface area (Å²) in [7, 11) is 0. The Kier molecular flexibility index (Phi) is 4.09. The number of rotatable bonds is 4. The van der Waals surface area contributed by atoms with Crippen LogP contribution in [-0.4, -0.2) is 30.6 Å². The normalized spacial score (nSPS) is 20.9. The number of fused-ring (bicyclic) bond motifs is 3. The molecule has 24 heavy (non-hydrogen) atoms. The number of ether oxygens (including phenoxy) is 1. The average Bonchev–Trinajstić information content (AvgIpc) is 3.23. The van der Waals surface area contributed by atoms with Crippen molar-refractivity contribution < 1.29 is 9.15 Å². The van der Waals surface area contributed by atoms with Gasteiger partial charge in [-0.25, -0.2) is 4.79 Å². The second kappa shape index (κ2) is 6.25. The lowest BCUT2D eigenvalue weighted by atomic mass is 10.1. The zero-order chi connectivity index (χ0) is 16.7. The maximum atomic E-state index is 12.0. The summed E-state index contributed by atoms with van der Waals surface area (Å²) < 4.78 is 11.5. The highest BCUT2D eigenvalue weighted by Gasteiger charge is 2.25. The van der Waals surface area contributed by atoms with Crippen LogP contribution in [0.25, 0.3) is 11.0 Å². The summed E-state index contributed by atoms with van der Waals surface area (Å²) in [6.07, 6.45) is 4.05. The largest absolute Gasteiger partial charge is 0.493 e. The van der Waals surface area contributed by atoms with E-state index < -0.39 is 0 Å². The van der Waals surface area contributed by atoms with Crippen LogP contribution < -0.4 is 10.4 Å². The topological polar surface area (TPSA) is 42.7 Å². The summed E-state index contributed by atoms with van der Waals surface area (Å²) in [4.78, 5) is 14.5. The molecule has 4 rings (SSSR count). The smallest absolute Gasteiger partial charge is 0.339 e. The van der Waals surface area contributed by atoms with Gasteiger partial charge in [0.1, 0.15) is 11.3 Å². The van der Waals surface area contributed by atoms with Crippen LogP contribution in [0.4, 0.5) is 0 Å². The van der Waals surface area contributed by atoms with Gasteiger partial charge in [-0.15, -0.1) is 0 Å². The van der Waals surface area contributed by atoms with E-state index >= 15 is 0 Å². The second-order valence-corrected chi connectivity index (χ2v) is 7.41. The van der Waals surface area contributed by atoms with Gasteiger partial charge in [-0.2, -0.15) is 0 Å².